The van der Waals surface area contributed by atoms with Gasteiger partial charge in [-0.05, 0) is 35.3 Å². The van der Waals surface area contributed by atoms with Crippen LogP contribution in [-0.2, 0) is 19.8 Å². The number of hydrogen-bond donors (Lipinski definition) is 0. The van der Waals surface area contributed by atoms with Gasteiger partial charge in [0.05, 0.1) is 4.90 Å². The molecule has 0 heterocycles. The zero-order chi connectivity index (χ0) is 15.8. The third-order valence-corrected chi connectivity index (χ3v) is 6.88. The van der Waals surface area contributed by atoms with Crippen LogP contribution in [0.15, 0.2) is 39.0 Å². The van der Waals surface area contributed by atoms with Gasteiger partial charge in [-0.15, -0.1) is 0 Å². The average Bonchev–Trinajstić information content (AvgIpc) is 2.26. The minimum atomic E-state index is -6.25. The summed E-state index contributed by atoms with van der Waals surface area (Å²) in [7, 11) is -11.2. The van der Waals surface area contributed by atoms with Crippen molar-refractivity contribution < 1.29 is 30.2 Å². The van der Waals surface area contributed by atoms with Crippen molar-refractivity contribution in [3.63, 3.8) is 0 Å². The number of rotatable bonds is 3. The van der Waals surface area contributed by atoms with E-state index in [1.807, 2.05) is 0 Å². The van der Waals surface area contributed by atoms with E-state index in [4.69, 9.17) is 23.2 Å². The molecule has 0 amide bonds. The molecule has 0 N–H and O–H groups in total. The molecule has 0 aromatic heterocycles. The maximum absolute atomic E-state index is 13.6. The highest BCUT2D eigenvalue weighted by Crippen LogP contribution is 2.39. The SMILES string of the molecule is O=S(=O)(N=S(=O)(c1ccccc1)C(F)(Cl)Cl)C(F)(F)F. The van der Waals surface area contributed by atoms with Crippen LogP contribution in [0.1, 0.15) is 0 Å². The van der Waals surface area contributed by atoms with Gasteiger partial charge in [-0.1, -0.05) is 22.0 Å². The molecule has 0 fully saturated rings. The summed E-state index contributed by atoms with van der Waals surface area (Å²) in [6.45, 7) is 0. The van der Waals surface area contributed by atoms with Gasteiger partial charge in [0.1, 0.15) is 0 Å². The average molecular weight is 374 g/mol. The molecular formula is C8H5Cl2F4NO3S2. The van der Waals surface area contributed by atoms with Crippen LogP contribution in [0.5, 0.6) is 0 Å². The lowest BCUT2D eigenvalue weighted by atomic mass is 10.4. The van der Waals surface area contributed by atoms with Crippen molar-refractivity contribution in [2.75, 3.05) is 0 Å². The van der Waals surface area contributed by atoms with Crippen molar-refractivity contribution in [1.82, 2.24) is 0 Å². The van der Waals surface area contributed by atoms with Crippen molar-refractivity contribution in [3.05, 3.63) is 30.3 Å². The van der Waals surface area contributed by atoms with Crippen LogP contribution >= 0.6 is 23.2 Å². The Kier molecular flexibility index (Phi) is 4.65. The lowest BCUT2D eigenvalue weighted by molar-refractivity contribution is -0.0434. The summed E-state index contributed by atoms with van der Waals surface area (Å²) in [5.74, 6) is 0. The van der Waals surface area contributed by atoms with Crippen molar-refractivity contribution >= 4 is 43.0 Å². The molecule has 0 spiro atoms. The molecule has 1 aromatic rings. The van der Waals surface area contributed by atoms with Crippen molar-refractivity contribution in [2.45, 2.75) is 14.3 Å². The molecule has 114 valence electrons. The van der Waals surface area contributed by atoms with E-state index in [1.165, 1.54) is 18.2 Å². The van der Waals surface area contributed by atoms with Crippen LogP contribution in [0, 0.1) is 0 Å². The fourth-order valence-corrected chi connectivity index (χ4v) is 4.97. The second-order valence-corrected chi connectivity index (χ2v) is 9.06. The van der Waals surface area contributed by atoms with Crippen LogP contribution in [0.2, 0.25) is 0 Å². The quantitative estimate of drug-likeness (QED) is 0.602. The zero-order valence-electron chi connectivity index (χ0n) is 9.14. The van der Waals surface area contributed by atoms with Gasteiger partial charge in [0, 0.05) is 0 Å². The normalized spacial score (nSPS) is 16.5. The molecule has 0 bridgehead atoms. The first-order chi connectivity index (χ1) is 8.81. The first kappa shape index (κ1) is 17.5. The van der Waals surface area contributed by atoms with Crippen molar-refractivity contribution in [3.8, 4) is 0 Å². The predicted octanol–water partition coefficient (Wildman–Crippen LogP) is 3.42. The maximum atomic E-state index is 13.6. The van der Waals surface area contributed by atoms with E-state index in [0.717, 1.165) is 12.1 Å². The fourth-order valence-electron chi connectivity index (χ4n) is 1.00. The van der Waals surface area contributed by atoms with Gasteiger partial charge in [0.2, 0.25) is 0 Å². The van der Waals surface area contributed by atoms with Gasteiger partial charge in [0.25, 0.3) is 0 Å². The summed E-state index contributed by atoms with van der Waals surface area (Å²) in [6.07, 6.45) is 0. The first-order valence-electron chi connectivity index (χ1n) is 4.52. The Morgan fingerprint density at radius 1 is 0.950 bits per heavy atom. The molecule has 12 heteroatoms. The second kappa shape index (κ2) is 5.32. The van der Waals surface area contributed by atoms with E-state index in [9.17, 15) is 30.2 Å². The summed E-state index contributed by atoms with van der Waals surface area (Å²) in [6, 6.07) is 5.48. The fraction of sp³-hybridized carbons (Fsp3) is 0.250. The van der Waals surface area contributed by atoms with Gasteiger partial charge in [-0.25, -0.2) is 4.21 Å². The van der Waals surface area contributed by atoms with E-state index < -0.39 is 34.1 Å². The Morgan fingerprint density at radius 2 is 1.40 bits per heavy atom. The van der Waals surface area contributed by atoms with Gasteiger partial charge in [-0.3, -0.25) is 0 Å². The third kappa shape index (κ3) is 3.35. The molecule has 0 radical (unpaired) electrons. The summed E-state index contributed by atoms with van der Waals surface area (Å²) in [4.78, 5) is -0.694. The topological polar surface area (TPSA) is 63.6 Å². The van der Waals surface area contributed by atoms with E-state index in [0.29, 0.717) is 0 Å². The number of alkyl halides is 6. The number of halogens is 6. The Hall–Kier alpha value is -0.580. The van der Waals surface area contributed by atoms with E-state index in [2.05, 4.69) is 3.77 Å². The van der Waals surface area contributed by atoms with Crippen molar-refractivity contribution in [2.24, 2.45) is 3.77 Å². The summed E-state index contributed by atoms with van der Waals surface area (Å²) < 4.78 is 82.6. The number of benzene rings is 1. The van der Waals surface area contributed by atoms with Crippen molar-refractivity contribution in [1.29, 1.82) is 0 Å². The molecule has 1 unspecified atom stereocenters. The maximum Gasteiger partial charge on any atom is 0.519 e. The molecular weight excluding hydrogens is 369 g/mol. The molecule has 0 aliphatic carbocycles. The number of sulfonamides is 1. The van der Waals surface area contributed by atoms with E-state index in [-0.39, 0.29) is 0 Å². The largest absolute Gasteiger partial charge is 0.519 e. The van der Waals surface area contributed by atoms with E-state index >= 15 is 0 Å². The standard InChI is InChI=1S/C8H5Cl2F4NO3S2/c9-7(10,11)19(16,6-4-2-1-3-5-6)15-20(17,18)8(12,13)14/h1-5H. The Balaban J connectivity index is 3.74. The van der Waals surface area contributed by atoms with Gasteiger partial charge < -0.3 is 0 Å². The Labute approximate surface area is 121 Å². The Morgan fingerprint density at radius 3 is 1.75 bits per heavy atom. The molecule has 4 nitrogen and oxygen atoms in total. The first-order valence-corrected chi connectivity index (χ1v) is 8.23. The van der Waals surface area contributed by atoms with Gasteiger partial charge in [-0.2, -0.15) is 26.0 Å². The number of hydrogen-bond acceptors (Lipinski definition) is 3. The molecule has 1 atom stereocenters. The number of nitrogens with zero attached hydrogens (tertiary/aromatic N) is 1. The Bertz CT molecular complexity index is 703. The lowest BCUT2D eigenvalue weighted by Crippen LogP contribution is -2.27. The molecule has 0 aliphatic heterocycles. The highest BCUT2D eigenvalue weighted by atomic mass is 35.5. The second-order valence-electron chi connectivity index (χ2n) is 3.28. The van der Waals surface area contributed by atoms with Crippen LogP contribution in [0.25, 0.3) is 0 Å². The zero-order valence-corrected chi connectivity index (χ0v) is 12.3. The van der Waals surface area contributed by atoms with Gasteiger partial charge >= 0.3 is 19.5 Å². The van der Waals surface area contributed by atoms with Crippen LogP contribution in [0.3, 0.4) is 0 Å². The highest BCUT2D eigenvalue weighted by Gasteiger charge is 2.50. The predicted molar refractivity (Wildman–Crippen MR) is 65.8 cm³/mol. The molecule has 1 rings (SSSR count). The van der Waals surface area contributed by atoms with Crippen LogP contribution < -0.4 is 0 Å². The van der Waals surface area contributed by atoms with Gasteiger partial charge in [0.15, 0.2) is 9.73 Å². The lowest BCUT2D eigenvalue weighted by Gasteiger charge is -2.16. The van der Waals surface area contributed by atoms with E-state index in [1.54, 1.807) is 0 Å². The third-order valence-electron chi connectivity index (χ3n) is 1.87. The van der Waals surface area contributed by atoms with Crippen LogP contribution in [-0.4, -0.2) is 22.1 Å². The highest BCUT2D eigenvalue weighted by molar-refractivity contribution is 8.05. The molecule has 20 heavy (non-hydrogen) atoms. The minimum Gasteiger partial charge on any atom is -0.238 e. The smallest absolute Gasteiger partial charge is 0.238 e. The summed E-state index contributed by atoms with van der Waals surface area (Å²) in [5, 5.41) is 0. The summed E-state index contributed by atoms with van der Waals surface area (Å²) in [5.41, 5.74) is -5.86. The molecule has 0 saturated heterocycles. The van der Waals surface area contributed by atoms with Crippen LogP contribution in [0.4, 0.5) is 17.6 Å². The molecule has 1 aromatic carbocycles. The molecule has 0 aliphatic rings. The summed E-state index contributed by atoms with van der Waals surface area (Å²) >= 11 is 9.86. The minimum absolute atomic E-state index is 0.694. The monoisotopic (exact) mass is 373 g/mol. The molecule has 0 saturated carbocycles.